The molecule has 7 heteroatoms. The number of carbonyl (C=O) groups is 2. The lowest BCUT2D eigenvalue weighted by Gasteiger charge is -2.35. The van der Waals surface area contributed by atoms with E-state index in [0.717, 1.165) is 67.7 Å². The van der Waals surface area contributed by atoms with Crippen LogP contribution in [0.25, 0.3) is 5.69 Å². The summed E-state index contributed by atoms with van der Waals surface area (Å²) in [5, 5.41) is 14.4. The van der Waals surface area contributed by atoms with Gasteiger partial charge in [0.1, 0.15) is 11.6 Å². The van der Waals surface area contributed by atoms with Crippen molar-refractivity contribution in [2.75, 3.05) is 23.7 Å². The Morgan fingerprint density at radius 2 is 1.67 bits per heavy atom. The average Bonchev–Trinajstić information content (AvgIpc) is 3.29. The number of para-hydroxylation sites is 1. The predicted molar refractivity (Wildman–Crippen MR) is 157 cm³/mol. The van der Waals surface area contributed by atoms with Crippen molar-refractivity contribution < 1.29 is 9.59 Å². The fourth-order valence-electron chi connectivity index (χ4n) is 5.64. The number of nitrogens with one attached hydrogen (secondary N) is 3. The summed E-state index contributed by atoms with van der Waals surface area (Å²) in [5.74, 6) is 1.17. The molecule has 2 heterocycles. The van der Waals surface area contributed by atoms with Gasteiger partial charge in [-0.25, -0.2) is 9.48 Å². The number of ketones is 1. The second kappa shape index (κ2) is 11.3. The molecule has 0 spiro atoms. The van der Waals surface area contributed by atoms with Gasteiger partial charge in [-0.3, -0.25) is 10.1 Å². The molecule has 7 nitrogen and oxygen atoms in total. The van der Waals surface area contributed by atoms with Gasteiger partial charge in [0, 0.05) is 29.0 Å². The Morgan fingerprint density at radius 1 is 0.974 bits per heavy atom. The zero-order valence-corrected chi connectivity index (χ0v) is 23.6. The Morgan fingerprint density at radius 3 is 2.31 bits per heavy atom. The Kier molecular flexibility index (Phi) is 7.89. The molecule has 2 fully saturated rings. The molecule has 2 amide bonds. The summed E-state index contributed by atoms with van der Waals surface area (Å²) in [6.45, 7) is 10.2. The zero-order chi connectivity index (χ0) is 27.6. The highest BCUT2D eigenvalue weighted by Gasteiger charge is 2.38. The fourth-order valence-corrected chi connectivity index (χ4v) is 5.64. The first-order chi connectivity index (χ1) is 18.7. The summed E-state index contributed by atoms with van der Waals surface area (Å²) < 4.78 is 1.78. The van der Waals surface area contributed by atoms with Crippen LogP contribution in [0.2, 0.25) is 0 Å². The predicted octanol–water partition coefficient (Wildman–Crippen LogP) is 6.57. The van der Waals surface area contributed by atoms with Gasteiger partial charge in [-0.1, -0.05) is 63.1 Å². The summed E-state index contributed by atoms with van der Waals surface area (Å²) in [6.07, 6.45) is 5.03. The van der Waals surface area contributed by atoms with Crippen LogP contribution in [0.4, 0.5) is 16.3 Å². The van der Waals surface area contributed by atoms with Crippen LogP contribution >= 0.6 is 0 Å². The second-order valence-corrected chi connectivity index (χ2v) is 12.2. The van der Waals surface area contributed by atoms with Gasteiger partial charge in [0.25, 0.3) is 0 Å². The molecule has 206 valence electrons. The van der Waals surface area contributed by atoms with Crippen molar-refractivity contribution in [3.63, 3.8) is 0 Å². The number of aryl methyl sites for hydroxylation is 1. The minimum absolute atomic E-state index is 0.145. The number of amides is 2. The molecule has 2 aromatic carbocycles. The molecule has 0 radical (unpaired) electrons. The van der Waals surface area contributed by atoms with Gasteiger partial charge in [0.2, 0.25) is 0 Å². The van der Waals surface area contributed by atoms with Gasteiger partial charge in [0.05, 0.1) is 11.4 Å². The van der Waals surface area contributed by atoms with Crippen LogP contribution in [0, 0.1) is 18.8 Å². The minimum Gasteiger partial charge on any atom is -0.317 e. The maximum absolute atomic E-state index is 13.7. The summed E-state index contributed by atoms with van der Waals surface area (Å²) in [5.41, 5.74) is 4.37. The third kappa shape index (κ3) is 6.09. The molecule has 0 bridgehead atoms. The molecule has 1 saturated heterocycles. The molecule has 1 aromatic heterocycles. The second-order valence-electron chi connectivity index (χ2n) is 12.2. The summed E-state index contributed by atoms with van der Waals surface area (Å²) >= 11 is 0. The van der Waals surface area contributed by atoms with E-state index in [4.69, 9.17) is 5.10 Å². The van der Waals surface area contributed by atoms with Gasteiger partial charge >= 0.3 is 6.03 Å². The summed E-state index contributed by atoms with van der Waals surface area (Å²) in [7, 11) is 0. The van der Waals surface area contributed by atoms with Crippen LogP contribution in [0.1, 0.15) is 75.6 Å². The van der Waals surface area contributed by atoms with Crippen molar-refractivity contribution in [2.45, 2.75) is 71.1 Å². The van der Waals surface area contributed by atoms with Crippen molar-refractivity contribution in [2.24, 2.45) is 11.8 Å². The number of hydrogen-bond donors (Lipinski definition) is 3. The Hall–Kier alpha value is -3.45. The summed E-state index contributed by atoms with van der Waals surface area (Å²) in [4.78, 5) is 27.2. The highest BCUT2D eigenvalue weighted by Crippen LogP contribution is 2.41. The Labute approximate surface area is 231 Å². The molecule has 1 aliphatic heterocycles. The van der Waals surface area contributed by atoms with E-state index in [1.54, 1.807) is 4.68 Å². The molecule has 2 aliphatic rings. The third-order valence-electron chi connectivity index (χ3n) is 8.21. The van der Waals surface area contributed by atoms with Crippen LogP contribution in [-0.4, -0.2) is 34.7 Å². The lowest BCUT2D eigenvalue weighted by atomic mass is 9.69. The first-order valence-electron chi connectivity index (χ1n) is 14.3. The molecule has 3 aromatic rings. The number of aromatic nitrogens is 2. The quantitative estimate of drug-likeness (QED) is 0.324. The van der Waals surface area contributed by atoms with Crippen molar-refractivity contribution in [3.8, 4) is 5.69 Å². The number of hydrogen-bond acceptors (Lipinski definition) is 4. The Balaban J connectivity index is 1.42. The lowest BCUT2D eigenvalue weighted by molar-refractivity contribution is -0.128. The van der Waals surface area contributed by atoms with Crippen molar-refractivity contribution in [3.05, 3.63) is 71.4 Å². The van der Waals surface area contributed by atoms with E-state index in [9.17, 15) is 9.59 Å². The van der Waals surface area contributed by atoms with Crippen molar-refractivity contribution in [1.82, 2.24) is 15.1 Å². The largest absolute Gasteiger partial charge is 0.324 e. The molecular formula is C32H41N5O2. The van der Waals surface area contributed by atoms with Crippen LogP contribution in [0.15, 0.2) is 54.6 Å². The number of nitrogens with zero attached hydrogens (tertiary/aromatic N) is 2. The van der Waals surface area contributed by atoms with Gasteiger partial charge < -0.3 is 10.6 Å². The highest BCUT2D eigenvalue weighted by molar-refractivity contribution is 6.01. The first-order valence-corrected chi connectivity index (χ1v) is 14.3. The third-order valence-corrected chi connectivity index (χ3v) is 8.21. The summed E-state index contributed by atoms with van der Waals surface area (Å²) in [6, 6.07) is 17.5. The molecular weight excluding hydrogens is 486 g/mol. The van der Waals surface area contributed by atoms with Crippen molar-refractivity contribution >= 4 is 23.3 Å². The number of rotatable bonds is 7. The number of urea groups is 1. The van der Waals surface area contributed by atoms with Crippen molar-refractivity contribution in [1.29, 1.82) is 0 Å². The fraction of sp³-hybridized carbons (Fsp3) is 0.469. The van der Waals surface area contributed by atoms with Gasteiger partial charge in [-0.2, -0.15) is 5.10 Å². The van der Waals surface area contributed by atoms with Crippen LogP contribution in [0.5, 0.6) is 0 Å². The minimum atomic E-state index is -0.351. The number of benzene rings is 2. The van der Waals surface area contributed by atoms with E-state index in [1.165, 1.54) is 0 Å². The average molecular weight is 528 g/mol. The maximum atomic E-state index is 13.7. The van der Waals surface area contributed by atoms with E-state index in [0.29, 0.717) is 17.3 Å². The maximum Gasteiger partial charge on any atom is 0.324 e. The van der Waals surface area contributed by atoms with Gasteiger partial charge in [-0.15, -0.1) is 0 Å². The molecule has 5 rings (SSSR count). The highest BCUT2D eigenvalue weighted by atomic mass is 16.2. The normalized spacial score (nSPS) is 17.3. The van der Waals surface area contributed by atoms with Gasteiger partial charge in [-0.05, 0) is 75.4 Å². The van der Waals surface area contributed by atoms with E-state index in [-0.39, 0.29) is 29.2 Å². The van der Waals surface area contributed by atoms with E-state index >= 15 is 0 Å². The van der Waals surface area contributed by atoms with E-state index < -0.39 is 0 Å². The first kappa shape index (κ1) is 27.1. The van der Waals surface area contributed by atoms with Crippen LogP contribution in [-0.2, 0) is 10.2 Å². The van der Waals surface area contributed by atoms with E-state index in [2.05, 4.69) is 36.7 Å². The molecule has 1 aliphatic carbocycles. The number of anilines is 2. The topological polar surface area (TPSA) is 88.1 Å². The molecule has 1 saturated carbocycles. The molecule has 39 heavy (non-hydrogen) atoms. The molecule has 3 N–H and O–H groups in total. The van der Waals surface area contributed by atoms with Gasteiger partial charge in [0.15, 0.2) is 0 Å². The van der Waals surface area contributed by atoms with Crippen LogP contribution in [0.3, 0.4) is 0 Å². The SMILES string of the molecule is Cc1ccc(-n2nc(C(C)(C)C)cc2NC(=O)Nc2ccccc2C(C(=O)C2CCC2)C2CCNCC2)cc1. The zero-order valence-electron chi connectivity index (χ0n) is 23.6. The van der Waals surface area contributed by atoms with E-state index in [1.807, 2.05) is 61.5 Å². The number of Topliss-reactive ketones (excluding diaryl/α,β-unsaturated/α-hetero) is 1. The van der Waals surface area contributed by atoms with Crippen LogP contribution < -0.4 is 16.0 Å². The smallest absolute Gasteiger partial charge is 0.317 e. The monoisotopic (exact) mass is 527 g/mol. The number of piperidine rings is 1. The molecule has 1 atom stereocenters. The lowest BCUT2D eigenvalue weighted by Crippen LogP contribution is -2.37. The number of carbonyl (C=O) groups excluding carboxylic acids is 2. The standard InChI is InChI=1S/C32H41N5O2/c1-21-12-14-24(15-13-21)37-28(20-27(36-37)32(2,3)4)35-31(39)34-26-11-6-5-10-25(26)29(22-16-18-33-19-17-22)30(38)23-8-7-9-23/h5-6,10-15,20,22-23,29,33H,7-9,16-19H2,1-4H3,(H2,34,35,39). The molecule has 1 unspecified atom stereocenters. The Bertz CT molecular complexity index is 1310.